The lowest BCUT2D eigenvalue weighted by Crippen LogP contribution is -2.30. The van der Waals surface area contributed by atoms with Gasteiger partial charge in [-0.15, -0.1) is 0 Å². The van der Waals surface area contributed by atoms with Gasteiger partial charge >= 0.3 is 0 Å². The van der Waals surface area contributed by atoms with Gasteiger partial charge in [0.05, 0.1) is 12.2 Å². The summed E-state index contributed by atoms with van der Waals surface area (Å²) in [6.07, 6.45) is 2.80. The smallest absolute Gasteiger partial charge is 0.159 e. The molecule has 1 aliphatic rings. The molecule has 0 unspecified atom stereocenters. The van der Waals surface area contributed by atoms with Crippen molar-refractivity contribution < 1.29 is 9.52 Å². The minimum atomic E-state index is -0.0653. The van der Waals surface area contributed by atoms with Crippen LogP contribution < -0.4 is 0 Å². The fourth-order valence-corrected chi connectivity index (χ4v) is 3.19. The third-order valence-electron chi connectivity index (χ3n) is 4.37. The molecule has 0 radical (unpaired) electrons. The van der Waals surface area contributed by atoms with Crippen LogP contribution in [-0.2, 0) is 26.1 Å². The van der Waals surface area contributed by atoms with Crippen molar-refractivity contribution in [2.24, 2.45) is 0 Å². The van der Waals surface area contributed by atoms with Crippen LogP contribution in [0.3, 0.4) is 0 Å². The van der Waals surface area contributed by atoms with E-state index < -0.39 is 0 Å². The molecule has 5 nitrogen and oxygen atoms in total. The average Bonchev–Trinajstić information content (AvgIpc) is 3.09. The van der Waals surface area contributed by atoms with Crippen molar-refractivity contribution in [1.82, 2.24) is 14.9 Å². The van der Waals surface area contributed by atoms with E-state index in [2.05, 4.69) is 9.88 Å². The Hall–Kier alpha value is -2.21. The molecule has 0 spiro atoms. The maximum Gasteiger partial charge on any atom is 0.159 e. The average molecular weight is 356 g/mol. The Kier molecular flexibility index (Phi) is 4.53. The lowest BCUT2D eigenvalue weighted by Gasteiger charge is -2.27. The van der Waals surface area contributed by atoms with Crippen LogP contribution in [0.5, 0.6) is 0 Å². The van der Waals surface area contributed by atoms with E-state index in [0.29, 0.717) is 10.8 Å². The normalized spacial score (nSPS) is 14.5. The minimum Gasteiger partial charge on any atom is -0.462 e. The monoisotopic (exact) mass is 355 g/mol. The molecule has 0 saturated carbocycles. The Morgan fingerprint density at radius 1 is 1.12 bits per heavy atom. The lowest BCUT2D eigenvalue weighted by molar-refractivity contribution is 0.207. The zero-order chi connectivity index (χ0) is 17.2. The summed E-state index contributed by atoms with van der Waals surface area (Å²) in [5.74, 6) is 2.21. The van der Waals surface area contributed by atoms with Crippen molar-refractivity contribution in [2.75, 3.05) is 6.54 Å². The Bertz CT molecular complexity index is 877. The molecule has 1 aliphatic heterocycles. The Balaban J connectivity index is 1.49. The number of fused-ring (bicyclic) bond motifs is 1. The number of hydrogen-bond acceptors (Lipinski definition) is 5. The molecule has 4 rings (SSSR count). The molecular formula is C19H18ClN3O2. The summed E-state index contributed by atoms with van der Waals surface area (Å²) in [4.78, 5) is 11.5. The number of halogens is 1. The number of furan rings is 1. The molecule has 0 aliphatic carbocycles. The van der Waals surface area contributed by atoms with Gasteiger partial charge in [0.1, 0.15) is 18.1 Å². The van der Waals surface area contributed by atoms with Gasteiger partial charge in [-0.1, -0.05) is 11.6 Å². The highest BCUT2D eigenvalue weighted by Gasteiger charge is 2.20. The van der Waals surface area contributed by atoms with Gasteiger partial charge in [-0.2, -0.15) is 0 Å². The molecule has 25 heavy (non-hydrogen) atoms. The molecule has 2 aromatic heterocycles. The summed E-state index contributed by atoms with van der Waals surface area (Å²) < 4.78 is 5.58. The van der Waals surface area contributed by atoms with Crippen LogP contribution in [-0.4, -0.2) is 26.5 Å². The van der Waals surface area contributed by atoms with Crippen LogP contribution in [0, 0.1) is 0 Å². The van der Waals surface area contributed by atoms with Crippen LogP contribution in [0.1, 0.15) is 22.8 Å². The van der Waals surface area contributed by atoms with Gasteiger partial charge in [-0.3, -0.25) is 4.90 Å². The zero-order valence-electron chi connectivity index (χ0n) is 13.7. The second kappa shape index (κ2) is 6.96. The second-order valence-electron chi connectivity index (χ2n) is 6.16. The predicted molar refractivity (Wildman–Crippen MR) is 94.9 cm³/mol. The first kappa shape index (κ1) is 16.3. The molecule has 1 N–H and O–H groups in total. The van der Waals surface area contributed by atoms with Gasteiger partial charge < -0.3 is 9.52 Å². The molecule has 128 valence electrons. The summed E-state index contributed by atoms with van der Waals surface area (Å²) in [5.41, 5.74) is 3.23. The minimum absolute atomic E-state index is 0.0653. The van der Waals surface area contributed by atoms with Crippen molar-refractivity contribution >= 4 is 11.6 Å². The highest BCUT2D eigenvalue weighted by atomic mass is 35.5. The van der Waals surface area contributed by atoms with Crippen molar-refractivity contribution in [2.45, 2.75) is 26.1 Å². The van der Waals surface area contributed by atoms with E-state index in [0.717, 1.165) is 54.5 Å². The van der Waals surface area contributed by atoms with Gasteiger partial charge in [0.25, 0.3) is 0 Å². The fraction of sp³-hybridized carbons (Fsp3) is 0.263. The van der Waals surface area contributed by atoms with E-state index in [1.807, 2.05) is 42.6 Å². The van der Waals surface area contributed by atoms with E-state index in [4.69, 9.17) is 26.1 Å². The number of aliphatic hydroxyl groups excluding tert-OH is 1. The quantitative estimate of drug-likeness (QED) is 0.776. The van der Waals surface area contributed by atoms with Gasteiger partial charge in [0.2, 0.25) is 0 Å². The van der Waals surface area contributed by atoms with E-state index in [1.165, 1.54) is 0 Å². The van der Waals surface area contributed by atoms with Crippen LogP contribution in [0.25, 0.3) is 11.4 Å². The molecule has 0 saturated heterocycles. The third-order valence-corrected chi connectivity index (χ3v) is 4.62. The third kappa shape index (κ3) is 3.58. The summed E-state index contributed by atoms with van der Waals surface area (Å²) in [6.45, 7) is 2.37. The number of benzene rings is 1. The largest absolute Gasteiger partial charge is 0.462 e. The molecule has 0 fully saturated rings. The number of aromatic nitrogens is 2. The Morgan fingerprint density at radius 2 is 1.92 bits per heavy atom. The van der Waals surface area contributed by atoms with Crippen molar-refractivity contribution in [3.8, 4) is 11.4 Å². The van der Waals surface area contributed by atoms with Crippen LogP contribution in [0.15, 0.2) is 47.0 Å². The van der Waals surface area contributed by atoms with Gasteiger partial charge in [-0.25, -0.2) is 9.97 Å². The van der Waals surface area contributed by atoms with Gasteiger partial charge in [-0.05, 0) is 36.4 Å². The highest BCUT2D eigenvalue weighted by molar-refractivity contribution is 6.30. The van der Waals surface area contributed by atoms with Crippen LogP contribution in [0.4, 0.5) is 0 Å². The fourth-order valence-electron chi connectivity index (χ4n) is 3.06. The molecule has 1 aromatic carbocycles. The standard InChI is InChI=1S/C19H18ClN3O2/c20-15-3-1-13(2-4-15)19-21-9-14-10-23(8-7-18(14)22-19)11-16-5-6-17(12-24)25-16/h1-6,9,24H,7-8,10-12H2. The maximum atomic E-state index is 9.09. The summed E-state index contributed by atoms with van der Waals surface area (Å²) in [5, 5.41) is 9.80. The first-order valence-corrected chi connectivity index (χ1v) is 8.60. The van der Waals surface area contributed by atoms with Gasteiger partial charge in [0, 0.05) is 41.9 Å². The van der Waals surface area contributed by atoms with Crippen molar-refractivity contribution in [3.05, 3.63) is 70.4 Å². The number of hydrogen-bond donors (Lipinski definition) is 1. The van der Waals surface area contributed by atoms with E-state index in [-0.39, 0.29) is 6.61 Å². The number of nitrogens with zero attached hydrogens (tertiary/aromatic N) is 3. The molecule has 3 aromatic rings. The van der Waals surface area contributed by atoms with E-state index >= 15 is 0 Å². The molecule has 0 amide bonds. The summed E-state index contributed by atoms with van der Waals surface area (Å²) in [7, 11) is 0. The SMILES string of the molecule is OCc1ccc(CN2CCc3nc(-c4ccc(Cl)cc4)ncc3C2)o1. The van der Waals surface area contributed by atoms with Gasteiger partial charge in [0.15, 0.2) is 5.82 Å². The molecular weight excluding hydrogens is 338 g/mol. The summed E-state index contributed by atoms with van der Waals surface area (Å²) in [6, 6.07) is 11.3. The van der Waals surface area contributed by atoms with Crippen molar-refractivity contribution in [3.63, 3.8) is 0 Å². The maximum absolute atomic E-state index is 9.09. The lowest BCUT2D eigenvalue weighted by atomic mass is 10.1. The molecule has 0 atom stereocenters. The Morgan fingerprint density at radius 3 is 2.68 bits per heavy atom. The highest BCUT2D eigenvalue weighted by Crippen LogP contribution is 2.23. The second-order valence-corrected chi connectivity index (χ2v) is 6.60. The van der Waals surface area contributed by atoms with Crippen LogP contribution >= 0.6 is 11.6 Å². The van der Waals surface area contributed by atoms with Crippen molar-refractivity contribution in [1.29, 1.82) is 0 Å². The Labute approximate surface area is 150 Å². The van der Waals surface area contributed by atoms with E-state index in [9.17, 15) is 0 Å². The molecule has 6 heteroatoms. The molecule has 0 bridgehead atoms. The topological polar surface area (TPSA) is 62.4 Å². The number of rotatable bonds is 4. The number of aliphatic hydroxyl groups is 1. The summed E-state index contributed by atoms with van der Waals surface area (Å²) >= 11 is 5.94. The first-order valence-electron chi connectivity index (χ1n) is 8.23. The first-order chi connectivity index (χ1) is 12.2. The van der Waals surface area contributed by atoms with E-state index in [1.54, 1.807) is 0 Å². The predicted octanol–water partition coefficient (Wildman–Crippen LogP) is 3.44. The zero-order valence-corrected chi connectivity index (χ0v) is 14.4. The van der Waals surface area contributed by atoms with Crippen LogP contribution in [0.2, 0.25) is 5.02 Å². The molecule has 3 heterocycles.